The summed E-state index contributed by atoms with van der Waals surface area (Å²) in [7, 11) is 0. The van der Waals surface area contributed by atoms with E-state index in [-0.39, 0.29) is 11.6 Å². The molecule has 1 aromatic heterocycles. The number of aromatic nitrogens is 1. The highest BCUT2D eigenvalue weighted by atomic mass is 19.4. The third-order valence-electron chi connectivity index (χ3n) is 3.55. The highest BCUT2D eigenvalue weighted by Crippen LogP contribution is 2.22. The Morgan fingerprint density at radius 1 is 1.50 bits per heavy atom. The van der Waals surface area contributed by atoms with Crippen molar-refractivity contribution in [2.24, 2.45) is 5.92 Å². The van der Waals surface area contributed by atoms with Gasteiger partial charge in [0.15, 0.2) is 0 Å². The first kappa shape index (κ1) is 14.9. The number of aliphatic hydroxyl groups excluding tert-OH is 1. The van der Waals surface area contributed by atoms with E-state index < -0.39 is 24.7 Å². The average Bonchev–Trinajstić information content (AvgIpc) is 2.77. The molecule has 1 saturated heterocycles. The number of halogens is 3. The number of amides is 1. The molecule has 1 aliphatic heterocycles. The van der Waals surface area contributed by atoms with E-state index in [9.17, 15) is 23.1 Å². The van der Waals surface area contributed by atoms with Gasteiger partial charge in [-0.05, 0) is 24.5 Å². The predicted molar refractivity (Wildman–Crippen MR) is 66.2 cm³/mol. The summed E-state index contributed by atoms with van der Waals surface area (Å²) < 4.78 is 38.2. The van der Waals surface area contributed by atoms with Gasteiger partial charge in [0.05, 0.1) is 6.10 Å². The zero-order valence-corrected chi connectivity index (χ0v) is 11.1. The minimum absolute atomic E-state index is 0.0333. The van der Waals surface area contributed by atoms with Crippen LogP contribution in [0.5, 0.6) is 0 Å². The summed E-state index contributed by atoms with van der Waals surface area (Å²) in [5.74, 6) is -0.489. The first-order valence-electron chi connectivity index (χ1n) is 6.47. The van der Waals surface area contributed by atoms with E-state index in [0.717, 1.165) is 4.57 Å². The molecule has 4 nitrogen and oxygen atoms in total. The number of carbonyl (C=O) groups excluding carboxylic acids is 1. The van der Waals surface area contributed by atoms with Gasteiger partial charge in [0.25, 0.3) is 5.91 Å². The Labute approximate surface area is 114 Å². The van der Waals surface area contributed by atoms with Crippen LogP contribution < -0.4 is 0 Å². The lowest BCUT2D eigenvalue weighted by atomic mass is 9.96. The van der Waals surface area contributed by atoms with Crippen LogP contribution >= 0.6 is 0 Å². The maximum absolute atomic E-state index is 12.4. The van der Waals surface area contributed by atoms with Crippen LogP contribution in [-0.2, 0) is 6.54 Å². The monoisotopic (exact) mass is 290 g/mol. The van der Waals surface area contributed by atoms with Gasteiger partial charge in [-0.2, -0.15) is 13.2 Å². The van der Waals surface area contributed by atoms with Crippen molar-refractivity contribution in [1.29, 1.82) is 0 Å². The van der Waals surface area contributed by atoms with Crippen LogP contribution in [0, 0.1) is 5.92 Å². The topological polar surface area (TPSA) is 45.5 Å². The molecule has 2 unspecified atom stereocenters. The average molecular weight is 290 g/mol. The van der Waals surface area contributed by atoms with E-state index in [0.29, 0.717) is 19.5 Å². The fourth-order valence-corrected chi connectivity index (χ4v) is 2.42. The fraction of sp³-hybridized carbons (Fsp3) is 0.615. The Kier molecular flexibility index (Phi) is 4.08. The largest absolute Gasteiger partial charge is 0.406 e. The first-order chi connectivity index (χ1) is 9.28. The van der Waals surface area contributed by atoms with Crippen LogP contribution in [0.2, 0.25) is 0 Å². The van der Waals surface area contributed by atoms with Gasteiger partial charge in [-0.25, -0.2) is 0 Å². The van der Waals surface area contributed by atoms with Crippen molar-refractivity contribution < 1.29 is 23.1 Å². The molecule has 0 bridgehead atoms. The van der Waals surface area contributed by atoms with Crippen LogP contribution in [-0.4, -0.2) is 45.9 Å². The lowest BCUT2D eigenvalue weighted by Crippen LogP contribution is -2.45. The number of hydrogen-bond donors (Lipinski definition) is 1. The standard InChI is InChI=1S/C13H17F3N2O2/c1-9-7-17(6-4-11(9)19)12(20)10-3-2-5-18(10)8-13(14,15)16/h2-3,5,9,11,19H,4,6-8H2,1H3. The van der Waals surface area contributed by atoms with Gasteiger partial charge < -0.3 is 14.6 Å². The van der Waals surface area contributed by atoms with Crippen molar-refractivity contribution in [3.63, 3.8) is 0 Å². The van der Waals surface area contributed by atoms with Crippen LogP contribution in [0.15, 0.2) is 18.3 Å². The molecular formula is C13H17F3N2O2. The maximum Gasteiger partial charge on any atom is 0.406 e. The van der Waals surface area contributed by atoms with E-state index in [1.54, 1.807) is 0 Å². The van der Waals surface area contributed by atoms with E-state index in [4.69, 9.17) is 0 Å². The van der Waals surface area contributed by atoms with Crippen molar-refractivity contribution in [3.05, 3.63) is 24.0 Å². The van der Waals surface area contributed by atoms with Crippen molar-refractivity contribution in [3.8, 4) is 0 Å². The number of carbonyl (C=O) groups is 1. The molecule has 0 aromatic carbocycles. The third-order valence-corrected chi connectivity index (χ3v) is 3.55. The molecule has 20 heavy (non-hydrogen) atoms. The van der Waals surface area contributed by atoms with Crippen LogP contribution in [0.1, 0.15) is 23.8 Å². The molecule has 2 atom stereocenters. The Hall–Kier alpha value is -1.50. The van der Waals surface area contributed by atoms with Crippen LogP contribution in [0.25, 0.3) is 0 Å². The van der Waals surface area contributed by atoms with Crippen LogP contribution in [0.3, 0.4) is 0 Å². The minimum atomic E-state index is -4.36. The van der Waals surface area contributed by atoms with Crippen molar-refractivity contribution in [1.82, 2.24) is 9.47 Å². The third kappa shape index (κ3) is 3.33. The Morgan fingerprint density at radius 3 is 2.80 bits per heavy atom. The molecule has 1 amide bonds. The molecule has 7 heteroatoms. The first-order valence-corrected chi connectivity index (χ1v) is 6.47. The summed E-state index contributed by atoms with van der Waals surface area (Å²) in [4.78, 5) is 13.8. The Bertz CT molecular complexity index is 484. The second kappa shape index (κ2) is 5.47. The van der Waals surface area contributed by atoms with E-state index in [1.165, 1.54) is 23.2 Å². The molecule has 1 fully saturated rings. The van der Waals surface area contributed by atoms with Crippen LogP contribution in [0.4, 0.5) is 13.2 Å². The number of aliphatic hydroxyl groups is 1. The predicted octanol–water partition coefficient (Wildman–Crippen LogP) is 1.89. The summed E-state index contributed by atoms with van der Waals surface area (Å²) in [5.41, 5.74) is 0.0333. The molecule has 1 aromatic rings. The van der Waals surface area contributed by atoms with Gasteiger partial charge in [0.2, 0.25) is 0 Å². The highest BCUT2D eigenvalue weighted by molar-refractivity contribution is 5.92. The number of rotatable bonds is 2. The SMILES string of the molecule is CC1CN(C(=O)c2cccn2CC(F)(F)F)CCC1O. The molecule has 0 radical (unpaired) electrons. The fourth-order valence-electron chi connectivity index (χ4n) is 2.42. The van der Waals surface area contributed by atoms with Crippen molar-refractivity contribution in [2.45, 2.75) is 32.2 Å². The van der Waals surface area contributed by atoms with Crippen molar-refractivity contribution >= 4 is 5.91 Å². The summed E-state index contributed by atoms with van der Waals surface area (Å²) in [6.45, 7) is 1.37. The highest BCUT2D eigenvalue weighted by Gasteiger charge is 2.32. The van der Waals surface area contributed by atoms with Gasteiger partial charge >= 0.3 is 6.18 Å². The molecule has 2 heterocycles. The smallest absolute Gasteiger partial charge is 0.393 e. The Balaban J connectivity index is 2.12. The maximum atomic E-state index is 12.4. The molecule has 0 saturated carbocycles. The summed E-state index contributed by atoms with van der Waals surface area (Å²) in [6, 6.07) is 2.82. The number of alkyl halides is 3. The van der Waals surface area contributed by atoms with Gasteiger partial charge in [-0.3, -0.25) is 4.79 Å². The molecule has 0 aliphatic carbocycles. The molecule has 1 aliphatic rings. The number of nitrogens with zero attached hydrogens (tertiary/aromatic N) is 2. The Morgan fingerprint density at radius 2 is 2.20 bits per heavy atom. The summed E-state index contributed by atoms with van der Waals surface area (Å²) >= 11 is 0. The van der Waals surface area contributed by atoms with E-state index in [2.05, 4.69) is 0 Å². The van der Waals surface area contributed by atoms with Crippen molar-refractivity contribution in [2.75, 3.05) is 13.1 Å². The second-order valence-electron chi connectivity index (χ2n) is 5.22. The summed E-state index contributed by atoms with van der Waals surface area (Å²) in [5, 5.41) is 9.62. The molecule has 1 N–H and O–H groups in total. The van der Waals surface area contributed by atoms with Gasteiger partial charge in [0.1, 0.15) is 12.2 Å². The van der Waals surface area contributed by atoms with Gasteiger partial charge in [-0.15, -0.1) is 0 Å². The second-order valence-corrected chi connectivity index (χ2v) is 5.22. The molecule has 2 rings (SSSR count). The number of likely N-dealkylation sites (tertiary alicyclic amines) is 1. The van der Waals surface area contributed by atoms with E-state index >= 15 is 0 Å². The normalized spacial score (nSPS) is 23.9. The lowest BCUT2D eigenvalue weighted by molar-refractivity contribution is -0.140. The van der Waals surface area contributed by atoms with Gasteiger partial charge in [-0.1, -0.05) is 6.92 Å². The van der Waals surface area contributed by atoms with E-state index in [1.807, 2.05) is 6.92 Å². The molecule has 0 spiro atoms. The zero-order chi connectivity index (χ0) is 14.9. The zero-order valence-electron chi connectivity index (χ0n) is 11.1. The quantitative estimate of drug-likeness (QED) is 0.904. The molecular weight excluding hydrogens is 273 g/mol. The number of hydrogen-bond acceptors (Lipinski definition) is 2. The summed E-state index contributed by atoms with van der Waals surface area (Å²) in [6.07, 6.45) is -3.11. The van der Waals surface area contributed by atoms with Gasteiger partial charge in [0, 0.05) is 19.3 Å². The number of piperidine rings is 1. The minimum Gasteiger partial charge on any atom is -0.393 e. The molecule has 112 valence electrons. The lowest BCUT2D eigenvalue weighted by Gasteiger charge is -2.34.